The van der Waals surface area contributed by atoms with Crippen molar-refractivity contribution in [3.8, 4) is 0 Å². The molecule has 1 fully saturated rings. The third kappa shape index (κ3) is 3.83. The molecule has 1 aromatic rings. The number of hydrogen-bond acceptors (Lipinski definition) is 4. The van der Waals surface area contributed by atoms with E-state index in [-0.39, 0.29) is 19.1 Å². The first-order chi connectivity index (χ1) is 10.1. The number of carboxylic acid groups (broad SMARTS) is 1. The van der Waals surface area contributed by atoms with E-state index in [2.05, 4.69) is 6.07 Å². The minimum atomic E-state index is -0.932. The largest absolute Gasteiger partial charge is 0.481 e. The Kier molecular flexibility index (Phi) is 5.36. The fourth-order valence-electron chi connectivity index (χ4n) is 2.74. The maximum absolute atomic E-state index is 12.2. The molecule has 5 nitrogen and oxygen atoms in total. The van der Waals surface area contributed by atoms with Crippen LogP contribution in [0.25, 0.3) is 0 Å². The lowest BCUT2D eigenvalue weighted by Crippen LogP contribution is -2.40. The highest BCUT2D eigenvalue weighted by atomic mass is 32.1. The number of nitrogens with zero attached hydrogens (tertiary/aromatic N) is 1. The van der Waals surface area contributed by atoms with Gasteiger partial charge in [-0.1, -0.05) is 6.07 Å². The van der Waals surface area contributed by atoms with E-state index >= 15 is 0 Å². The molecule has 0 bridgehead atoms. The van der Waals surface area contributed by atoms with Crippen LogP contribution in [0.2, 0.25) is 0 Å². The number of aliphatic carboxylic acids is 1. The van der Waals surface area contributed by atoms with Crippen molar-refractivity contribution in [3.63, 3.8) is 0 Å². The molecule has 1 saturated heterocycles. The SMILES string of the molecule is COCC1(C(=O)O)CCN(C(=O)CCCc2cccs2)C1. The van der Waals surface area contributed by atoms with Gasteiger partial charge in [-0.05, 0) is 30.7 Å². The summed E-state index contributed by atoms with van der Waals surface area (Å²) in [6, 6.07) is 4.08. The normalized spacial score (nSPS) is 21.7. The Labute approximate surface area is 128 Å². The number of hydrogen-bond donors (Lipinski definition) is 1. The van der Waals surface area contributed by atoms with Gasteiger partial charge in [0.15, 0.2) is 0 Å². The number of likely N-dealkylation sites (tertiary alicyclic amines) is 1. The van der Waals surface area contributed by atoms with E-state index < -0.39 is 11.4 Å². The van der Waals surface area contributed by atoms with E-state index in [9.17, 15) is 14.7 Å². The Hall–Kier alpha value is -1.40. The maximum atomic E-state index is 12.2. The topological polar surface area (TPSA) is 66.8 Å². The minimum absolute atomic E-state index is 0.0470. The molecule has 116 valence electrons. The zero-order chi connectivity index (χ0) is 15.3. The summed E-state index contributed by atoms with van der Waals surface area (Å²) in [4.78, 5) is 26.6. The van der Waals surface area contributed by atoms with Crippen LogP contribution in [-0.4, -0.2) is 48.7 Å². The summed E-state index contributed by atoms with van der Waals surface area (Å²) in [7, 11) is 1.50. The standard InChI is InChI=1S/C15H21NO4S/c1-20-11-15(14(18)19)7-8-16(10-15)13(17)6-2-4-12-5-3-9-21-12/h3,5,9H,2,4,6-8,10-11H2,1H3,(H,18,19). The molecule has 2 rings (SSSR count). The Morgan fingerprint density at radius 1 is 1.52 bits per heavy atom. The Morgan fingerprint density at radius 3 is 2.95 bits per heavy atom. The molecule has 0 spiro atoms. The molecule has 1 unspecified atom stereocenters. The van der Waals surface area contributed by atoms with Crippen molar-refractivity contribution in [2.75, 3.05) is 26.8 Å². The maximum Gasteiger partial charge on any atom is 0.313 e. The van der Waals surface area contributed by atoms with Crippen LogP contribution in [0.5, 0.6) is 0 Å². The average Bonchev–Trinajstić information content (AvgIpc) is 3.09. The molecule has 21 heavy (non-hydrogen) atoms. The molecule has 1 amide bonds. The number of carbonyl (C=O) groups excluding carboxylic acids is 1. The highest BCUT2D eigenvalue weighted by Crippen LogP contribution is 2.31. The van der Waals surface area contributed by atoms with Crippen LogP contribution in [0, 0.1) is 5.41 Å². The second kappa shape index (κ2) is 7.04. The van der Waals surface area contributed by atoms with Crippen LogP contribution in [0.15, 0.2) is 17.5 Å². The van der Waals surface area contributed by atoms with Crippen LogP contribution in [0.1, 0.15) is 24.1 Å². The number of carbonyl (C=O) groups is 2. The quantitative estimate of drug-likeness (QED) is 0.836. The minimum Gasteiger partial charge on any atom is -0.481 e. The number of ether oxygens (including phenoxy) is 1. The fraction of sp³-hybridized carbons (Fsp3) is 0.600. The predicted molar refractivity (Wildman–Crippen MR) is 80.4 cm³/mol. The number of amides is 1. The van der Waals surface area contributed by atoms with Gasteiger partial charge in [0.2, 0.25) is 5.91 Å². The van der Waals surface area contributed by atoms with Crippen molar-refractivity contribution < 1.29 is 19.4 Å². The van der Waals surface area contributed by atoms with Gasteiger partial charge in [-0.15, -0.1) is 11.3 Å². The first-order valence-corrected chi connectivity index (χ1v) is 7.98. The van der Waals surface area contributed by atoms with E-state index in [4.69, 9.17) is 4.74 Å². The van der Waals surface area contributed by atoms with Gasteiger partial charge in [0.25, 0.3) is 0 Å². The number of carboxylic acids is 1. The molecule has 6 heteroatoms. The summed E-state index contributed by atoms with van der Waals surface area (Å²) in [5.41, 5.74) is -0.932. The predicted octanol–water partition coefficient (Wildman–Crippen LogP) is 2.02. The average molecular weight is 311 g/mol. The van der Waals surface area contributed by atoms with Crippen LogP contribution in [-0.2, 0) is 20.7 Å². The molecule has 1 aliphatic heterocycles. The van der Waals surface area contributed by atoms with Gasteiger partial charge in [-0.2, -0.15) is 0 Å². The Balaban J connectivity index is 1.82. The van der Waals surface area contributed by atoms with Crippen LogP contribution >= 0.6 is 11.3 Å². The molecular weight excluding hydrogens is 290 g/mol. The first kappa shape index (κ1) is 16.0. The number of rotatable bonds is 7. The second-order valence-electron chi connectivity index (χ2n) is 5.52. The lowest BCUT2D eigenvalue weighted by atomic mass is 9.88. The van der Waals surface area contributed by atoms with Crippen molar-refractivity contribution in [1.82, 2.24) is 4.90 Å². The van der Waals surface area contributed by atoms with Crippen molar-refractivity contribution in [2.24, 2.45) is 5.41 Å². The van der Waals surface area contributed by atoms with Crippen LogP contribution < -0.4 is 0 Å². The second-order valence-corrected chi connectivity index (χ2v) is 6.55. The van der Waals surface area contributed by atoms with Crippen molar-refractivity contribution in [2.45, 2.75) is 25.7 Å². The highest BCUT2D eigenvalue weighted by molar-refractivity contribution is 7.09. The fourth-order valence-corrected chi connectivity index (χ4v) is 3.49. The summed E-state index contributed by atoms with van der Waals surface area (Å²) in [5, 5.41) is 11.4. The van der Waals surface area contributed by atoms with Gasteiger partial charge in [-0.25, -0.2) is 0 Å². The van der Waals surface area contributed by atoms with E-state index in [0.717, 1.165) is 12.8 Å². The molecule has 2 heterocycles. The molecule has 1 N–H and O–H groups in total. The van der Waals surface area contributed by atoms with E-state index in [1.165, 1.54) is 12.0 Å². The van der Waals surface area contributed by atoms with Gasteiger partial charge in [-0.3, -0.25) is 9.59 Å². The monoisotopic (exact) mass is 311 g/mol. The molecular formula is C15H21NO4S. The van der Waals surface area contributed by atoms with Gasteiger partial charge < -0.3 is 14.7 Å². The molecule has 0 saturated carbocycles. The van der Waals surface area contributed by atoms with Gasteiger partial charge in [0.05, 0.1) is 6.61 Å². The summed E-state index contributed by atoms with van der Waals surface area (Å²) in [6.45, 7) is 0.919. The lowest BCUT2D eigenvalue weighted by Gasteiger charge is -2.23. The van der Waals surface area contributed by atoms with Gasteiger partial charge in [0.1, 0.15) is 5.41 Å². The van der Waals surface area contributed by atoms with Crippen LogP contribution in [0.3, 0.4) is 0 Å². The molecule has 1 aromatic heterocycles. The third-order valence-corrected chi connectivity index (χ3v) is 4.91. The number of aryl methyl sites for hydroxylation is 1. The van der Waals surface area contributed by atoms with Crippen molar-refractivity contribution >= 4 is 23.2 Å². The van der Waals surface area contributed by atoms with E-state index in [1.54, 1.807) is 16.2 Å². The summed E-state index contributed by atoms with van der Waals surface area (Å²) < 4.78 is 5.03. The summed E-state index contributed by atoms with van der Waals surface area (Å²) in [5.74, 6) is -0.830. The zero-order valence-electron chi connectivity index (χ0n) is 12.2. The Morgan fingerprint density at radius 2 is 2.33 bits per heavy atom. The van der Waals surface area contributed by atoms with Crippen LogP contribution in [0.4, 0.5) is 0 Å². The highest BCUT2D eigenvalue weighted by Gasteiger charge is 2.46. The smallest absolute Gasteiger partial charge is 0.313 e. The van der Waals surface area contributed by atoms with E-state index in [0.29, 0.717) is 19.4 Å². The number of methoxy groups -OCH3 is 1. The number of thiophene rings is 1. The summed E-state index contributed by atoms with van der Waals surface area (Å²) >= 11 is 1.70. The first-order valence-electron chi connectivity index (χ1n) is 7.10. The molecule has 1 atom stereocenters. The zero-order valence-corrected chi connectivity index (χ0v) is 13.0. The van der Waals surface area contributed by atoms with Crippen molar-refractivity contribution in [1.29, 1.82) is 0 Å². The molecule has 0 aliphatic carbocycles. The van der Waals surface area contributed by atoms with Crippen molar-refractivity contribution in [3.05, 3.63) is 22.4 Å². The Bertz CT molecular complexity index is 488. The van der Waals surface area contributed by atoms with Gasteiger partial charge >= 0.3 is 5.97 Å². The third-order valence-electron chi connectivity index (χ3n) is 3.97. The molecule has 1 aliphatic rings. The lowest BCUT2D eigenvalue weighted by molar-refractivity contribution is -0.151. The molecule has 0 radical (unpaired) electrons. The van der Waals surface area contributed by atoms with E-state index in [1.807, 2.05) is 11.4 Å². The summed E-state index contributed by atoms with van der Waals surface area (Å²) in [6.07, 6.45) is 2.65. The van der Waals surface area contributed by atoms with Gasteiger partial charge in [0, 0.05) is 31.5 Å². The molecule has 0 aromatic carbocycles.